The number of nitro groups is 2. The summed E-state index contributed by atoms with van der Waals surface area (Å²) in [6, 6.07) is 8.14. The molecule has 2 aromatic rings. The second-order valence-electron chi connectivity index (χ2n) is 4.85. The number of anilines is 1. The quantitative estimate of drug-likeness (QED) is 0.461. The fourth-order valence-corrected chi connectivity index (χ4v) is 2.06. The third-order valence-corrected chi connectivity index (χ3v) is 3.40. The van der Waals surface area contributed by atoms with Gasteiger partial charge >= 0.3 is 5.97 Å². The predicted molar refractivity (Wildman–Crippen MR) is 90.1 cm³/mol. The Balaban J connectivity index is 1.93. The lowest BCUT2D eigenvalue weighted by molar-refractivity contribution is -0.385. The van der Waals surface area contributed by atoms with Crippen molar-refractivity contribution < 1.29 is 24.2 Å². The van der Waals surface area contributed by atoms with Gasteiger partial charge in [-0.2, -0.15) is 0 Å². The molecule has 0 heterocycles. The fourth-order valence-electron chi connectivity index (χ4n) is 1.84. The maximum atomic E-state index is 11.8. The SMILES string of the molecule is O=C(COC(=O)c1ccc([N+](=O)[O-])cc1)Nc1ccc([N+](=O)[O-])cc1Cl. The van der Waals surface area contributed by atoms with Gasteiger partial charge in [0.15, 0.2) is 6.61 Å². The van der Waals surface area contributed by atoms with Crippen LogP contribution in [0.1, 0.15) is 10.4 Å². The Hall–Kier alpha value is -3.53. The molecule has 0 aliphatic carbocycles. The molecule has 1 N–H and O–H groups in total. The fraction of sp³-hybridized carbons (Fsp3) is 0.0667. The van der Waals surface area contributed by atoms with E-state index in [1.165, 1.54) is 18.2 Å². The highest BCUT2D eigenvalue weighted by Gasteiger charge is 2.14. The maximum Gasteiger partial charge on any atom is 0.338 e. The standard InChI is InChI=1S/C15H10ClN3O7/c16-12-7-11(19(24)25)5-6-13(12)17-14(20)8-26-15(21)9-1-3-10(4-2-9)18(22)23/h1-7H,8H2,(H,17,20). The predicted octanol–water partition coefficient (Wildman–Crippen LogP) is 2.95. The zero-order chi connectivity index (χ0) is 19.3. The first-order valence-electron chi connectivity index (χ1n) is 6.93. The van der Waals surface area contributed by atoms with E-state index in [4.69, 9.17) is 16.3 Å². The van der Waals surface area contributed by atoms with Crippen LogP contribution in [-0.4, -0.2) is 28.3 Å². The second-order valence-corrected chi connectivity index (χ2v) is 5.26. The van der Waals surface area contributed by atoms with Crippen LogP contribution in [0.3, 0.4) is 0 Å². The number of nitrogens with one attached hydrogen (secondary N) is 1. The molecule has 0 aliphatic rings. The van der Waals surface area contributed by atoms with Gasteiger partial charge in [0.25, 0.3) is 17.3 Å². The van der Waals surface area contributed by atoms with Crippen molar-refractivity contribution in [1.82, 2.24) is 0 Å². The summed E-state index contributed by atoms with van der Waals surface area (Å²) in [5.41, 5.74) is -0.268. The summed E-state index contributed by atoms with van der Waals surface area (Å²) in [5, 5.41) is 23.5. The molecule has 0 saturated carbocycles. The summed E-state index contributed by atoms with van der Waals surface area (Å²) in [6.45, 7) is -0.636. The number of esters is 1. The molecule has 0 unspecified atom stereocenters. The molecule has 0 spiro atoms. The number of amides is 1. The van der Waals surface area contributed by atoms with E-state index in [0.717, 1.165) is 24.3 Å². The Morgan fingerprint density at radius 1 is 1.00 bits per heavy atom. The summed E-state index contributed by atoms with van der Waals surface area (Å²) in [5.74, 6) is -1.55. The normalized spacial score (nSPS) is 10.0. The van der Waals surface area contributed by atoms with E-state index in [9.17, 15) is 29.8 Å². The molecule has 0 aromatic heterocycles. The van der Waals surface area contributed by atoms with Crippen LogP contribution in [0.15, 0.2) is 42.5 Å². The van der Waals surface area contributed by atoms with Crippen LogP contribution in [-0.2, 0) is 9.53 Å². The summed E-state index contributed by atoms with van der Waals surface area (Å²) >= 11 is 5.83. The molecule has 26 heavy (non-hydrogen) atoms. The lowest BCUT2D eigenvalue weighted by Gasteiger charge is -2.08. The van der Waals surface area contributed by atoms with Gasteiger partial charge in [-0.1, -0.05) is 11.6 Å². The first-order chi connectivity index (χ1) is 12.3. The monoisotopic (exact) mass is 379 g/mol. The second kappa shape index (κ2) is 8.03. The zero-order valence-electron chi connectivity index (χ0n) is 12.9. The number of non-ortho nitro benzene ring substituents is 2. The highest BCUT2D eigenvalue weighted by atomic mass is 35.5. The first kappa shape index (κ1) is 18.8. The van der Waals surface area contributed by atoms with E-state index >= 15 is 0 Å². The van der Waals surface area contributed by atoms with Gasteiger partial charge in [-0.15, -0.1) is 0 Å². The molecule has 1 amide bonds. The molecule has 11 heteroatoms. The molecule has 0 aliphatic heterocycles. The van der Waals surface area contributed by atoms with Crippen molar-refractivity contribution in [3.8, 4) is 0 Å². The molecular weight excluding hydrogens is 370 g/mol. The van der Waals surface area contributed by atoms with Crippen LogP contribution in [0.4, 0.5) is 17.1 Å². The Morgan fingerprint density at radius 3 is 2.12 bits per heavy atom. The summed E-state index contributed by atoms with van der Waals surface area (Å²) < 4.78 is 4.79. The summed E-state index contributed by atoms with van der Waals surface area (Å²) in [4.78, 5) is 43.5. The van der Waals surface area contributed by atoms with Crippen LogP contribution < -0.4 is 5.32 Å². The zero-order valence-corrected chi connectivity index (χ0v) is 13.6. The number of carbonyl (C=O) groups excluding carboxylic acids is 2. The van der Waals surface area contributed by atoms with Crippen molar-refractivity contribution in [2.24, 2.45) is 0 Å². The maximum absolute atomic E-state index is 11.8. The average molecular weight is 380 g/mol. The minimum atomic E-state index is -0.843. The van der Waals surface area contributed by atoms with Crippen molar-refractivity contribution in [3.63, 3.8) is 0 Å². The van der Waals surface area contributed by atoms with E-state index in [-0.39, 0.29) is 27.6 Å². The highest BCUT2D eigenvalue weighted by Crippen LogP contribution is 2.26. The third-order valence-electron chi connectivity index (χ3n) is 3.09. The van der Waals surface area contributed by atoms with Gasteiger partial charge in [-0.05, 0) is 18.2 Å². The number of nitro benzene ring substituents is 2. The van der Waals surface area contributed by atoms with Gasteiger partial charge in [-0.3, -0.25) is 25.0 Å². The van der Waals surface area contributed by atoms with Crippen LogP contribution in [0.5, 0.6) is 0 Å². The van der Waals surface area contributed by atoms with Crippen molar-refractivity contribution in [2.75, 3.05) is 11.9 Å². The van der Waals surface area contributed by atoms with E-state index < -0.39 is 28.3 Å². The van der Waals surface area contributed by atoms with Crippen molar-refractivity contribution in [2.45, 2.75) is 0 Å². The van der Waals surface area contributed by atoms with Gasteiger partial charge in [0, 0.05) is 24.3 Å². The molecular formula is C15H10ClN3O7. The Labute approximate surface area is 150 Å². The average Bonchev–Trinajstić information content (AvgIpc) is 2.61. The number of halogens is 1. The van der Waals surface area contributed by atoms with Crippen LogP contribution >= 0.6 is 11.6 Å². The Kier molecular flexibility index (Phi) is 5.81. The molecule has 0 atom stereocenters. The van der Waals surface area contributed by atoms with Crippen molar-refractivity contribution in [3.05, 3.63) is 73.3 Å². The molecule has 2 rings (SSSR count). The molecule has 0 saturated heterocycles. The van der Waals surface area contributed by atoms with Gasteiger partial charge in [0.05, 0.1) is 26.1 Å². The lowest BCUT2D eigenvalue weighted by atomic mass is 10.2. The first-order valence-corrected chi connectivity index (χ1v) is 7.31. The topological polar surface area (TPSA) is 142 Å². The number of nitrogens with zero attached hydrogens (tertiary/aromatic N) is 2. The number of ether oxygens (including phenoxy) is 1. The van der Waals surface area contributed by atoms with Gasteiger partial charge in [0.2, 0.25) is 0 Å². The molecule has 10 nitrogen and oxygen atoms in total. The van der Waals surface area contributed by atoms with Crippen LogP contribution in [0.25, 0.3) is 0 Å². The van der Waals surface area contributed by atoms with Crippen LogP contribution in [0, 0.1) is 20.2 Å². The van der Waals surface area contributed by atoms with Crippen molar-refractivity contribution >= 4 is 40.5 Å². The van der Waals surface area contributed by atoms with Gasteiger partial charge < -0.3 is 10.1 Å². The number of rotatable bonds is 6. The molecule has 0 radical (unpaired) electrons. The Morgan fingerprint density at radius 2 is 1.58 bits per heavy atom. The number of hydrogen-bond acceptors (Lipinski definition) is 7. The third kappa shape index (κ3) is 4.74. The molecule has 2 aromatic carbocycles. The summed E-state index contributed by atoms with van der Waals surface area (Å²) in [6.07, 6.45) is 0. The lowest BCUT2D eigenvalue weighted by Crippen LogP contribution is -2.21. The number of hydrogen-bond donors (Lipinski definition) is 1. The van der Waals surface area contributed by atoms with E-state index in [1.54, 1.807) is 0 Å². The molecule has 0 fully saturated rings. The largest absolute Gasteiger partial charge is 0.452 e. The summed E-state index contributed by atoms with van der Waals surface area (Å²) in [7, 11) is 0. The Bertz CT molecular complexity index is 883. The smallest absolute Gasteiger partial charge is 0.338 e. The molecule has 134 valence electrons. The number of carbonyl (C=O) groups is 2. The highest BCUT2D eigenvalue weighted by molar-refractivity contribution is 6.34. The van der Waals surface area contributed by atoms with E-state index in [2.05, 4.69) is 5.32 Å². The minimum Gasteiger partial charge on any atom is -0.452 e. The number of benzene rings is 2. The van der Waals surface area contributed by atoms with E-state index in [1.807, 2.05) is 0 Å². The van der Waals surface area contributed by atoms with Crippen molar-refractivity contribution in [1.29, 1.82) is 0 Å². The van der Waals surface area contributed by atoms with Gasteiger partial charge in [0.1, 0.15) is 0 Å². The van der Waals surface area contributed by atoms with Gasteiger partial charge in [-0.25, -0.2) is 4.79 Å². The van der Waals surface area contributed by atoms with E-state index in [0.29, 0.717) is 0 Å². The minimum absolute atomic E-state index is 0.0387. The molecule has 0 bridgehead atoms. The van der Waals surface area contributed by atoms with Crippen LogP contribution in [0.2, 0.25) is 5.02 Å².